The number of carbonyl (C=O) groups is 4. The molecule has 0 aromatic heterocycles. The molecule has 0 heterocycles. The minimum Gasteiger partial charge on any atom is -0.302 e. The van der Waals surface area contributed by atoms with E-state index in [1.807, 2.05) is 0 Å². The summed E-state index contributed by atoms with van der Waals surface area (Å²) in [7, 11) is 0. The first kappa shape index (κ1) is 47.0. The highest BCUT2D eigenvalue weighted by Crippen LogP contribution is 2.15. The summed E-state index contributed by atoms with van der Waals surface area (Å²) in [5.74, 6) is -1.70. The highest BCUT2D eigenvalue weighted by Gasteiger charge is 2.16. The number of halogens is 1. The van der Waals surface area contributed by atoms with E-state index in [4.69, 9.17) is 0 Å². The van der Waals surface area contributed by atoms with Crippen LogP contribution in [0.25, 0.3) is 0 Å². The zero-order chi connectivity index (χ0) is 33.1. The van der Waals surface area contributed by atoms with Gasteiger partial charge in [-0.3, -0.25) is 19.2 Å². The molecule has 6 heteroatoms. The van der Waals surface area contributed by atoms with Gasteiger partial charge in [0.15, 0.2) is 11.6 Å². The number of unbranched alkanes of at least 4 members (excludes halogenated alkanes) is 28. The summed E-state index contributed by atoms with van der Waals surface area (Å²) in [4.78, 5) is 48.4. The van der Waals surface area contributed by atoms with Crippen LogP contribution in [0.2, 0.25) is 0 Å². The Hall–Kier alpha value is -1.07. The van der Waals surface area contributed by atoms with Crippen molar-refractivity contribution < 1.29 is 19.2 Å². The van der Waals surface area contributed by atoms with Crippen LogP contribution in [-0.2, 0) is 19.2 Å². The summed E-state index contributed by atoms with van der Waals surface area (Å²) >= 11 is 0. The third-order valence-corrected chi connectivity index (χ3v) is 9.21. The van der Waals surface area contributed by atoms with Crippen LogP contribution in [0.5, 0.6) is 0 Å². The first-order valence-electron chi connectivity index (χ1n) is 19.9. The minimum absolute atomic E-state index is 0. The van der Waals surface area contributed by atoms with Crippen LogP contribution in [0.4, 0.5) is 0 Å². The molecule has 0 saturated heterocycles. The van der Waals surface area contributed by atoms with Gasteiger partial charge >= 0.3 is 0 Å². The molecule has 0 aliphatic carbocycles. The first-order valence-corrected chi connectivity index (χ1v) is 19.9. The van der Waals surface area contributed by atoms with Gasteiger partial charge in [-0.25, -0.2) is 0 Å². The number of rotatable bonds is 38. The van der Waals surface area contributed by atoms with E-state index in [9.17, 15) is 19.2 Å². The van der Waals surface area contributed by atoms with Gasteiger partial charge in [-0.15, -0.1) is 12.4 Å². The Morgan fingerprint density at radius 3 is 0.717 bits per heavy atom. The Morgan fingerprint density at radius 1 is 0.304 bits per heavy atom. The predicted molar refractivity (Wildman–Crippen MR) is 199 cm³/mol. The van der Waals surface area contributed by atoms with Crippen LogP contribution < -0.4 is 5.32 Å². The van der Waals surface area contributed by atoms with E-state index in [0.717, 1.165) is 38.5 Å². The molecule has 0 saturated carbocycles. The third kappa shape index (κ3) is 34.3. The second-order valence-corrected chi connectivity index (χ2v) is 13.7. The maximum atomic E-state index is 12.1. The van der Waals surface area contributed by atoms with Crippen molar-refractivity contribution in [1.82, 2.24) is 5.32 Å². The van der Waals surface area contributed by atoms with E-state index in [-0.39, 0.29) is 49.9 Å². The molecule has 0 aromatic rings. The van der Waals surface area contributed by atoms with E-state index in [2.05, 4.69) is 19.2 Å². The molecule has 46 heavy (non-hydrogen) atoms. The molecule has 0 atom stereocenters. The standard InChI is InChI=1S/C40H75NO4.ClH/c1-3-5-7-9-11-13-15-17-19-21-23-25-27-29-31-33-37(42)39(44)35-41-36-40(45)38(43)34-32-30-28-26-24-22-20-18-16-14-12-10-8-6-4-2;/h41H,3-36H2,1-2H3;1H. The molecule has 0 spiro atoms. The second kappa shape index (κ2) is 38.4. The van der Waals surface area contributed by atoms with Crippen molar-refractivity contribution in [3.05, 3.63) is 0 Å². The number of carbonyl (C=O) groups excluding carboxylic acids is 4. The second-order valence-electron chi connectivity index (χ2n) is 13.7. The molecule has 0 unspecified atom stereocenters. The summed E-state index contributed by atoms with van der Waals surface area (Å²) in [6.45, 7) is 4.21. The molecule has 1 N–H and O–H groups in total. The van der Waals surface area contributed by atoms with E-state index in [1.54, 1.807) is 0 Å². The predicted octanol–water partition coefficient (Wildman–Crippen LogP) is 11.8. The minimum atomic E-state index is -0.483. The fourth-order valence-electron chi connectivity index (χ4n) is 6.08. The molecule has 0 aromatic carbocycles. The van der Waals surface area contributed by atoms with Gasteiger partial charge in [0.1, 0.15) is 0 Å². The smallest absolute Gasteiger partial charge is 0.212 e. The Bertz CT molecular complexity index is 653. The lowest BCUT2D eigenvalue weighted by molar-refractivity contribution is -0.137. The van der Waals surface area contributed by atoms with Gasteiger partial charge in [-0.05, 0) is 12.8 Å². The average molecular weight is 671 g/mol. The van der Waals surface area contributed by atoms with Gasteiger partial charge in [0.05, 0.1) is 13.1 Å². The lowest BCUT2D eigenvalue weighted by atomic mass is 10.0. The number of Topliss-reactive ketones (excluding diaryl/α,β-unsaturated/α-hetero) is 4. The Balaban J connectivity index is 0. The summed E-state index contributed by atoms with van der Waals surface area (Å²) in [5, 5.41) is 2.71. The van der Waals surface area contributed by atoms with Crippen molar-refractivity contribution in [3.8, 4) is 0 Å². The molecule has 0 fully saturated rings. The number of ketones is 4. The third-order valence-electron chi connectivity index (χ3n) is 9.21. The Morgan fingerprint density at radius 2 is 0.500 bits per heavy atom. The lowest BCUT2D eigenvalue weighted by Gasteiger charge is -2.05. The Kier molecular flexibility index (Phi) is 39.3. The van der Waals surface area contributed by atoms with Gasteiger partial charge in [0.2, 0.25) is 11.6 Å². The molecular formula is C40H76ClNO4. The van der Waals surface area contributed by atoms with Gasteiger partial charge in [0, 0.05) is 12.8 Å². The average Bonchev–Trinajstić information content (AvgIpc) is 3.04. The molecule has 0 radical (unpaired) electrons. The van der Waals surface area contributed by atoms with Crippen molar-refractivity contribution >= 4 is 35.5 Å². The van der Waals surface area contributed by atoms with E-state index in [0.29, 0.717) is 0 Å². The maximum absolute atomic E-state index is 12.1. The number of hydrogen-bond donors (Lipinski definition) is 1. The van der Waals surface area contributed by atoms with Crippen molar-refractivity contribution in [2.24, 2.45) is 0 Å². The fourth-order valence-corrected chi connectivity index (χ4v) is 6.08. The zero-order valence-corrected chi connectivity index (χ0v) is 31.4. The molecule has 0 bridgehead atoms. The van der Waals surface area contributed by atoms with Gasteiger partial charge < -0.3 is 5.32 Å². The largest absolute Gasteiger partial charge is 0.302 e. The quantitative estimate of drug-likeness (QED) is 0.0522. The van der Waals surface area contributed by atoms with Crippen LogP contribution in [0, 0.1) is 0 Å². The van der Waals surface area contributed by atoms with E-state index < -0.39 is 11.6 Å². The van der Waals surface area contributed by atoms with E-state index in [1.165, 1.54) is 154 Å². The molecule has 0 amide bonds. The van der Waals surface area contributed by atoms with Crippen LogP contribution in [-0.4, -0.2) is 36.2 Å². The summed E-state index contributed by atoms with van der Waals surface area (Å²) in [6, 6.07) is 0. The Labute approximate surface area is 291 Å². The van der Waals surface area contributed by atoms with Crippen molar-refractivity contribution in [2.45, 2.75) is 219 Å². The highest BCUT2D eigenvalue weighted by molar-refractivity contribution is 6.39. The van der Waals surface area contributed by atoms with Crippen LogP contribution in [0.3, 0.4) is 0 Å². The summed E-state index contributed by atoms with van der Waals surface area (Å²) < 4.78 is 0. The number of hydrogen-bond acceptors (Lipinski definition) is 5. The topological polar surface area (TPSA) is 80.3 Å². The van der Waals surface area contributed by atoms with E-state index >= 15 is 0 Å². The normalized spacial score (nSPS) is 11.0. The molecule has 0 rings (SSSR count). The van der Waals surface area contributed by atoms with Gasteiger partial charge in [0.25, 0.3) is 0 Å². The molecule has 272 valence electrons. The van der Waals surface area contributed by atoms with Crippen molar-refractivity contribution in [3.63, 3.8) is 0 Å². The van der Waals surface area contributed by atoms with Crippen LogP contribution in [0.15, 0.2) is 0 Å². The van der Waals surface area contributed by atoms with Crippen LogP contribution >= 0.6 is 12.4 Å². The van der Waals surface area contributed by atoms with Crippen LogP contribution in [0.1, 0.15) is 219 Å². The zero-order valence-electron chi connectivity index (χ0n) is 30.6. The molecule has 0 aliphatic heterocycles. The monoisotopic (exact) mass is 670 g/mol. The maximum Gasteiger partial charge on any atom is 0.212 e. The SMILES string of the molecule is CCCCCCCCCCCCCCCCCC(=O)C(=O)CNCC(=O)C(=O)CCCCCCCCCCCCCCCCC.Cl. The highest BCUT2D eigenvalue weighted by atomic mass is 35.5. The lowest BCUT2D eigenvalue weighted by Crippen LogP contribution is -2.34. The van der Waals surface area contributed by atoms with Gasteiger partial charge in [-0.2, -0.15) is 0 Å². The number of nitrogens with one attached hydrogen (secondary N) is 1. The van der Waals surface area contributed by atoms with Crippen molar-refractivity contribution in [2.75, 3.05) is 13.1 Å². The fraction of sp³-hybridized carbons (Fsp3) is 0.900. The summed E-state index contributed by atoms with van der Waals surface area (Å²) in [5.41, 5.74) is 0. The summed E-state index contributed by atoms with van der Waals surface area (Å²) in [6.07, 6.45) is 38.5. The molecule has 0 aliphatic rings. The van der Waals surface area contributed by atoms with Crippen molar-refractivity contribution in [1.29, 1.82) is 0 Å². The molecular weight excluding hydrogens is 594 g/mol. The molecule has 5 nitrogen and oxygen atoms in total. The first-order chi connectivity index (χ1) is 22.0. The van der Waals surface area contributed by atoms with Gasteiger partial charge in [-0.1, -0.05) is 194 Å².